The minimum absolute atomic E-state index is 0.0385. The Labute approximate surface area is 114 Å². The number of nitrogens with one attached hydrogen (secondary N) is 2. The smallest absolute Gasteiger partial charge is 0.335 e. The summed E-state index contributed by atoms with van der Waals surface area (Å²) < 4.78 is 5.07. The van der Waals surface area contributed by atoms with Crippen LogP contribution >= 0.6 is 0 Å². The molecule has 0 aliphatic carbocycles. The topological polar surface area (TPSA) is 105 Å². The second-order valence-electron chi connectivity index (χ2n) is 4.37. The maximum atomic E-state index is 12.0. The summed E-state index contributed by atoms with van der Waals surface area (Å²) in [5, 5.41) is 14.1. The molecule has 7 heteroatoms. The number of amides is 2. The fourth-order valence-corrected chi connectivity index (χ4v) is 1.97. The number of ether oxygens (including phenoxy) is 1. The molecule has 1 aliphatic heterocycles. The molecule has 1 fully saturated rings. The number of carbonyl (C=O) groups is 3. The number of aromatic carboxylic acids is 1. The Kier molecular flexibility index (Phi) is 3.88. The predicted molar refractivity (Wildman–Crippen MR) is 69.7 cm³/mol. The van der Waals surface area contributed by atoms with Crippen LogP contribution in [0.15, 0.2) is 18.2 Å². The first kappa shape index (κ1) is 13.9. The number of rotatable bonds is 4. The van der Waals surface area contributed by atoms with E-state index >= 15 is 0 Å². The summed E-state index contributed by atoms with van der Waals surface area (Å²) in [6.45, 7) is 0. The molecule has 1 aliphatic rings. The molecule has 1 aromatic rings. The van der Waals surface area contributed by atoms with Crippen molar-refractivity contribution in [3.8, 4) is 5.75 Å². The molecule has 1 saturated heterocycles. The highest BCUT2D eigenvalue weighted by Crippen LogP contribution is 2.26. The molecular formula is C13H14N2O5. The van der Waals surface area contributed by atoms with E-state index in [1.54, 1.807) is 0 Å². The number of anilines is 1. The monoisotopic (exact) mass is 278 g/mol. The first-order chi connectivity index (χ1) is 9.51. The maximum Gasteiger partial charge on any atom is 0.335 e. The number of benzene rings is 1. The summed E-state index contributed by atoms with van der Waals surface area (Å²) in [5.41, 5.74) is 0.301. The number of hydrogen-bond acceptors (Lipinski definition) is 4. The van der Waals surface area contributed by atoms with E-state index in [0.29, 0.717) is 18.6 Å². The fraction of sp³-hybridized carbons (Fsp3) is 0.308. The molecular weight excluding hydrogens is 264 g/mol. The van der Waals surface area contributed by atoms with Gasteiger partial charge in [-0.15, -0.1) is 0 Å². The molecule has 20 heavy (non-hydrogen) atoms. The summed E-state index contributed by atoms with van der Waals surface area (Å²) in [7, 11) is 1.42. The van der Waals surface area contributed by atoms with E-state index in [0.717, 1.165) is 0 Å². The molecule has 7 nitrogen and oxygen atoms in total. The van der Waals surface area contributed by atoms with Gasteiger partial charge in [0.2, 0.25) is 11.8 Å². The van der Waals surface area contributed by atoms with Gasteiger partial charge in [-0.05, 0) is 24.6 Å². The standard InChI is InChI=1S/C13H14N2O5/c1-20-10-4-2-7(13(18)19)6-9(10)15-12(17)8-3-5-11(16)14-8/h2,4,6,8H,3,5H2,1H3,(H,14,16)(H,15,17)(H,18,19). The zero-order valence-electron chi connectivity index (χ0n) is 10.8. The van der Waals surface area contributed by atoms with Crippen LogP contribution in [0.2, 0.25) is 0 Å². The highest BCUT2D eigenvalue weighted by atomic mass is 16.5. The van der Waals surface area contributed by atoms with Crippen molar-refractivity contribution in [1.82, 2.24) is 5.32 Å². The molecule has 1 atom stereocenters. The minimum Gasteiger partial charge on any atom is -0.495 e. The maximum absolute atomic E-state index is 12.0. The molecule has 0 spiro atoms. The lowest BCUT2D eigenvalue weighted by atomic mass is 10.1. The third-order valence-electron chi connectivity index (χ3n) is 3.02. The van der Waals surface area contributed by atoms with Crippen molar-refractivity contribution in [2.24, 2.45) is 0 Å². The van der Waals surface area contributed by atoms with Gasteiger partial charge in [-0.1, -0.05) is 0 Å². The van der Waals surface area contributed by atoms with E-state index in [2.05, 4.69) is 10.6 Å². The van der Waals surface area contributed by atoms with Gasteiger partial charge in [0.05, 0.1) is 18.4 Å². The molecule has 0 radical (unpaired) electrons. The van der Waals surface area contributed by atoms with Crippen LogP contribution in [0.5, 0.6) is 5.75 Å². The molecule has 0 aromatic heterocycles. The summed E-state index contributed by atoms with van der Waals surface area (Å²) >= 11 is 0. The van der Waals surface area contributed by atoms with Crippen molar-refractivity contribution in [2.75, 3.05) is 12.4 Å². The van der Waals surface area contributed by atoms with Gasteiger partial charge in [0.1, 0.15) is 11.8 Å². The Morgan fingerprint density at radius 1 is 1.45 bits per heavy atom. The van der Waals surface area contributed by atoms with Gasteiger partial charge < -0.3 is 20.5 Å². The number of hydrogen-bond donors (Lipinski definition) is 3. The Balaban J connectivity index is 2.18. The molecule has 0 saturated carbocycles. The normalized spacial score (nSPS) is 17.4. The Morgan fingerprint density at radius 3 is 2.75 bits per heavy atom. The second kappa shape index (κ2) is 5.60. The van der Waals surface area contributed by atoms with E-state index < -0.39 is 17.9 Å². The first-order valence-electron chi connectivity index (χ1n) is 6.03. The van der Waals surface area contributed by atoms with Crippen LogP contribution in [0.25, 0.3) is 0 Å². The lowest BCUT2D eigenvalue weighted by Gasteiger charge is -2.14. The van der Waals surface area contributed by atoms with Crippen molar-refractivity contribution in [3.05, 3.63) is 23.8 Å². The van der Waals surface area contributed by atoms with E-state index in [9.17, 15) is 14.4 Å². The first-order valence-corrected chi connectivity index (χ1v) is 6.03. The van der Waals surface area contributed by atoms with Gasteiger partial charge in [-0.2, -0.15) is 0 Å². The average molecular weight is 278 g/mol. The van der Waals surface area contributed by atoms with Crippen molar-refractivity contribution in [2.45, 2.75) is 18.9 Å². The summed E-state index contributed by atoms with van der Waals surface area (Å²) in [6.07, 6.45) is 0.732. The van der Waals surface area contributed by atoms with E-state index in [-0.39, 0.29) is 17.2 Å². The molecule has 106 valence electrons. The molecule has 3 N–H and O–H groups in total. The predicted octanol–water partition coefficient (Wildman–Crippen LogP) is 0.610. The van der Waals surface area contributed by atoms with Crippen LogP contribution in [-0.4, -0.2) is 36.0 Å². The molecule has 1 unspecified atom stereocenters. The zero-order valence-corrected chi connectivity index (χ0v) is 10.8. The number of carbonyl (C=O) groups excluding carboxylic acids is 2. The summed E-state index contributed by atoms with van der Waals surface area (Å²) in [6, 6.07) is 3.57. The van der Waals surface area contributed by atoms with Crippen molar-refractivity contribution >= 4 is 23.5 Å². The Hall–Kier alpha value is -2.57. The van der Waals surface area contributed by atoms with Gasteiger partial charge in [0.25, 0.3) is 0 Å². The fourth-order valence-electron chi connectivity index (χ4n) is 1.97. The SMILES string of the molecule is COc1ccc(C(=O)O)cc1NC(=O)C1CCC(=O)N1. The molecule has 1 heterocycles. The van der Waals surface area contributed by atoms with Crippen molar-refractivity contribution in [1.29, 1.82) is 0 Å². The van der Waals surface area contributed by atoms with Gasteiger partial charge in [0, 0.05) is 6.42 Å². The van der Waals surface area contributed by atoms with Crippen molar-refractivity contribution in [3.63, 3.8) is 0 Å². The van der Waals surface area contributed by atoms with Crippen LogP contribution in [-0.2, 0) is 9.59 Å². The van der Waals surface area contributed by atoms with Gasteiger partial charge >= 0.3 is 5.97 Å². The van der Waals surface area contributed by atoms with Gasteiger partial charge in [-0.3, -0.25) is 9.59 Å². The van der Waals surface area contributed by atoms with Crippen LogP contribution in [0, 0.1) is 0 Å². The number of carboxylic acid groups (broad SMARTS) is 1. The zero-order chi connectivity index (χ0) is 14.7. The number of carboxylic acids is 1. The van der Waals surface area contributed by atoms with E-state index in [1.165, 1.54) is 25.3 Å². The van der Waals surface area contributed by atoms with E-state index in [4.69, 9.17) is 9.84 Å². The minimum atomic E-state index is -1.10. The van der Waals surface area contributed by atoms with Crippen LogP contribution in [0.1, 0.15) is 23.2 Å². The molecule has 2 amide bonds. The largest absolute Gasteiger partial charge is 0.495 e. The molecule has 2 rings (SSSR count). The van der Waals surface area contributed by atoms with Crippen molar-refractivity contribution < 1.29 is 24.2 Å². The second-order valence-corrected chi connectivity index (χ2v) is 4.37. The lowest BCUT2D eigenvalue weighted by molar-refractivity contribution is -0.122. The van der Waals surface area contributed by atoms with Crippen LogP contribution in [0.4, 0.5) is 5.69 Å². The van der Waals surface area contributed by atoms with Gasteiger partial charge in [-0.25, -0.2) is 4.79 Å². The molecule has 1 aromatic carbocycles. The third-order valence-corrected chi connectivity index (χ3v) is 3.02. The van der Waals surface area contributed by atoms with Gasteiger partial charge in [0.15, 0.2) is 0 Å². The average Bonchev–Trinajstić information content (AvgIpc) is 2.85. The third kappa shape index (κ3) is 2.87. The van der Waals surface area contributed by atoms with E-state index in [1.807, 2.05) is 0 Å². The summed E-state index contributed by atoms with van der Waals surface area (Å²) in [5.74, 6) is -1.31. The summed E-state index contributed by atoms with van der Waals surface area (Å²) in [4.78, 5) is 34.0. The number of methoxy groups -OCH3 is 1. The highest BCUT2D eigenvalue weighted by molar-refractivity contribution is 6.01. The Bertz CT molecular complexity index is 570. The highest BCUT2D eigenvalue weighted by Gasteiger charge is 2.27. The quantitative estimate of drug-likeness (QED) is 0.748. The Morgan fingerprint density at radius 2 is 2.20 bits per heavy atom. The lowest BCUT2D eigenvalue weighted by Crippen LogP contribution is -2.37. The van der Waals surface area contributed by atoms with Crippen LogP contribution in [0.3, 0.4) is 0 Å². The molecule has 0 bridgehead atoms. The van der Waals surface area contributed by atoms with Crippen LogP contribution < -0.4 is 15.4 Å².